The van der Waals surface area contributed by atoms with E-state index in [1.807, 2.05) is 0 Å². The average Bonchev–Trinajstić information content (AvgIpc) is 3.19. The summed E-state index contributed by atoms with van der Waals surface area (Å²) in [6.45, 7) is 4.28. The molecule has 1 amide bonds. The topological polar surface area (TPSA) is 89.8 Å². The first-order chi connectivity index (χ1) is 27.5. The molecule has 5 heteroatoms. The molecule has 0 heterocycles. The van der Waals surface area contributed by atoms with Gasteiger partial charge in [-0.2, -0.15) is 0 Å². The van der Waals surface area contributed by atoms with Crippen molar-refractivity contribution in [3.05, 3.63) is 24.3 Å². The number of hydrogen-bond donors (Lipinski definition) is 4. The Bertz CT molecular complexity index is 829. The number of aliphatic hydroxyl groups excluding tert-OH is 3. The third-order valence-electron chi connectivity index (χ3n) is 11.8. The second kappa shape index (κ2) is 46.5. The summed E-state index contributed by atoms with van der Waals surface area (Å²) in [6.07, 6.45) is 57.3. The molecular formula is C51H99NO4. The Hall–Kier alpha value is -1.17. The van der Waals surface area contributed by atoms with Crippen molar-refractivity contribution in [3.8, 4) is 0 Å². The first kappa shape index (κ1) is 54.8. The van der Waals surface area contributed by atoms with E-state index in [1.54, 1.807) is 0 Å². The van der Waals surface area contributed by atoms with Crippen LogP contribution >= 0.6 is 0 Å². The number of unbranched alkanes of at least 4 members (excludes halogenated alkanes) is 33. The van der Waals surface area contributed by atoms with Gasteiger partial charge >= 0.3 is 0 Å². The van der Waals surface area contributed by atoms with E-state index in [1.165, 1.54) is 193 Å². The van der Waals surface area contributed by atoms with Crippen LogP contribution in [0.25, 0.3) is 0 Å². The predicted molar refractivity (Wildman–Crippen MR) is 245 cm³/mol. The van der Waals surface area contributed by atoms with Gasteiger partial charge in [0.2, 0.25) is 5.91 Å². The van der Waals surface area contributed by atoms with Crippen molar-refractivity contribution in [2.45, 2.75) is 289 Å². The Kier molecular flexibility index (Phi) is 45.5. The Balaban J connectivity index is 3.60. The number of carbonyl (C=O) groups excluding carboxylic acids is 1. The van der Waals surface area contributed by atoms with Crippen LogP contribution in [0.1, 0.15) is 271 Å². The zero-order chi connectivity index (χ0) is 40.8. The Morgan fingerprint density at radius 3 is 1.12 bits per heavy atom. The molecule has 0 rings (SSSR count). The maximum absolute atomic E-state index is 12.5. The van der Waals surface area contributed by atoms with Crippen molar-refractivity contribution >= 4 is 5.91 Å². The summed E-state index contributed by atoms with van der Waals surface area (Å²) < 4.78 is 0. The average molecular weight is 790 g/mol. The first-order valence-corrected chi connectivity index (χ1v) is 25.1. The van der Waals surface area contributed by atoms with Crippen molar-refractivity contribution in [2.24, 2.45) is 0 Å². The van der Waals surface area contributed by atoms with Gasteiger partial charge in [-0.25, -0.2) is 0 Å². The molecule has 0 radical (unpaired) electrons. The molecule has 0 spiro atoms. The molecule has 0 aromatic carbocycles. The summed E-state index contributed by atoms with van der Waals surface area (Å²) >= 11 is 0. The summed E-state index contributed by atoms with van der Waals surface area (Å²) in [7, 11) is 0. The monoisotopic (exact) mass is 790 g/mol. The summed E-state index contributed by atoms with van der Waals surface area (Å²) in [5.74, 6) is -0.288. The molecule has 0 aromatic heterocycles. The molecule has 0 aliphatic carbocycles. The molecule has 0 bridgehead atoms. The lowest BCUT2D eigenvalue weighted by Crippen LogP contribution is -2.46. The van der Waals surface area contributed by atoms with Gasteiger partial charge in [0.25, 0.3) is 0 Å². The zero-order valence-corrected chi connectivity index (χ0v) is 37.8. The molecule has 3 unspecified atom stereocenters. The molecule has 0 saturated carbocycles. The minimum Gasteiger partial charge on any atom is -0.394 e. The van der Waals surface area contributed by atoms with Crippen LogP contribution < -0.4 is 5.32 Å². The lowest BCUT2D eigenvalue weighted by Gasteiger charge is -2.23. The second-order valence-corrected chi connectivity index (χ2v) is 17.4. The number of carbonyl (C=O) groups is 1. The minimum atomic E-state index is -0.752. The van der Waals surface area contributed by atoms with Crippen LogP contribution in [-0.4, -0.2) is 46.1 Å². The highest BCUT2D eigenvalue weighted by molar-refractivity contribution is 5.76. The predicted octanol–water partition coefficient (Wildman–Crippen LogP) is 14.9. The zero-order valence-electron chi connectivity index (χ0n) is 37.8. The second-order valence-electron chi connectivity index (χ2n) is 17.4. The van der Waals surface area contributed by atoms with E-state index < -0.39 is 18.2 Å². The number of amides is 1. The molecular weight excluding hydrogens is 691 g/mol. The quantitative estimate of drug-likeness (QED) is 0.0365. The maximum Gasteiger partial charge on any atom is 0.222 e. The van der Waals surface area contributed by atoms with Crippen LogP contribution in [-0.2, 0) is 4.79 Å². The molecule has 0 aliphatic rings. The third kappa shape index (κ3) is 42.4. The van der Waals surface area contributed by atoms with E-state index in [-0.39, 0.29) is 18.9 Å². The first-order valence-electron chi connectivity index (χ1n) is 25.1. The third-order valence-corrected chi connectivity index (χ3v) is 11.8. The van der Waals surface area contributed by atoms with Crippen molar-refractivity contribution in [2.75, 3.05) is 6.61 Å². The molecule has 5 nitrogen and oxygen atoms in total. The van der Waals surface area contributed by atoms with E-state index in [2.05, 4.69) is 43.5 Å². The van der Waals surface area contributed by atoms with E-state index in [9.17, 15) is 20.1 Å². The molecule has 0 aliphatic heterocycles. The maximum atomic E-state index is 12.5. The van der Waals surface area contributed by atoms with Crippen LogP contribution in [0.2, 0.25) is 0 Å². The fourth-order valence-electron chi connectivity index (χ4n) is 7.91. The number of hydrogen-bond acceptors (Lipinski definition) is 4. The number of rotatable bonds is 46. The molecule has 56 heavy (non-hydrogen) atoms. The smallest absolute Gasteiger partial charge is 0.222 e. The van der Waals surface area contributed by atoms with Crippen LogP contribution in [0.3, 0.4) is 0 Å². The summed E-state index contributed by atoms with van der Waals surface area (Å²) in [4.78, 5) is 12.5. The van der Waals surface area contributed by atoms with Gasteiger partial charge in [0.05, 0.1) is 31.3 Å². The van der Waals surface area contributed by atoms with Gasteiger partial charge in [0.1, 0.15) is 0 Å². The van der Waals surface area contributed by atoms with Crippen LogP contribution in [0.15, 0.2) is 24.3 Å². The van der Waals surface area contributed by atoms with Crippen LogP contribution in [0, 0.1) is 0 Å². The molecule has 0 aromatic rings. The van der Waals surface area contributed by atoms with Gasteiger partial charge in [-0.15, -0.1) is 0 Å². The van der Waals surface area contributed by atoms with Gasteiger partial charge in [-0.3, -0.25) is 4.79 Å². The Morgan fingerprint density at radius 2 is 0.768 bits per heavy atom. The van der Waals surface area contributed by atoms with E-state index >= 15 is 0 Å². The van der Waals surface area contributed by atoms with Crippen molar-refractivity contribution < 1.29 is 20.1 Å². The summed E-state index contributed by atoms with van der Waals surface area (Å²) in [5, 5.41) is 33.5. The Labute approximate surface area is 350 Å². The van der Waals surface area contributed by atoms with Crippen LogP contribution in [0.4, 0.5) is 0 Å². The van der Waals surface area contributed by atoms with Gasteiger partial charge in [0, 0.05) is 0 Å². The highest BCUT2D eigenvalue weighted by atomic mass is 16.3. The van der Waals surface area contributed by atoms with Crippen molar-refractivity contribution in [3.63, 3.8) is 0 Å². The minimum absolute atomic E-state index is 0.0287. The van der Waals surface area contributed by atoms with Gasteiger partial charge in [-0.05, 0) is 44.9 Å². The number of aliphatic hydroxyl groups is 3. The largest absolute Gasteiger partial charge is 0.394 e. The Morgan fingerprint density at radius 1 is 0.446 bits per heavy atom. The van der Waals surface area contributed by atoms with Gasteiger partial charge in [-0.1, -0.05) is 244 Å². The van der Waals surface area contributed by atoms with Crippen molar-refractivity contribution in [1.82, 2.24) is 5.32 Å². The highest BCUT2D eigenvalue weighted by Gasteiger charge is 2.21. The molecule has 4 N–H and O–H groups in total. The molecule has 332 valence electrons. The summed E-state index contributed by atoms with van der Waals surface area (Å²) in [6, 6.07) is -0.662. The van der Waals surface area contributed by atoms with E-state index in [0.717, 1.165) is 44.9 Å². The highest BCUT2D eigenvalue weighted by Crippen LogP contribution is 2.17. The summed E-state index contributed by atoms with van der Waals surface area (Å²) in [5.41, 5.74) is 0. The lowest BCUT2D eigenvalue weighted by atomic mass is 10.0. The number of nitrogens with one attached hydrogen (secondary N) is 1. The number of allylic oxidation sites excluding steroid dienone is 4. The fraction of sp³-hybridized carbons (Fsp3) is 0.902. The van der Waals surface area contributed by atoms with Crippen LogP contribution in [0.5, 0.6) is 0 Å². The van der Waals surface area contributed by atoms with Gasteiger partial charge < -0.3 is 20.6 Å². The fourth-order valence-corrected chi connectivity index (χ4v) is 7.91. The standard InChI is InChI=1S/C51H99NO4/c1-3-5-7-9-11-13-15-17-19-21-23-25-26-28-30-32-34-36-38-40-42-44-48(54)46-51(56)52-49(47-53)50(55)45-43-41-39-37-35-33-31-29-27-24-22-20-18-16-14-12-10-8-6-4-2/h23,25,28,30,48-50,53-55H,3-22,24,26-27,29,31-47H2,1-2H3,(H,52,56)/b25-23-,30-28-. The van der Waals surface area contributed by atoms with E-state index in [0.29, 0.717) is 12.8 Å². The van der Waals surface area contributed by atoms with Crippen molar-refractivity contribution in [1.29, 1.82) is 0 Å². The molecule has 3 atom stereocenters. The molecule has 0 saturated heterocycles. The normalized spacial score (nSPS) is 13.6. The lowest BCUT2D eigenvalue weighted by molar-refractivity contribution is -0.125. The molecule has 0 fully saturated rings. The SMILES string of the molecule is CCCCCCCCCCC/C=C\C/C=C\CCCCCCCC(O)CC(=O)NC(CO)C(O)CCCCCCCCCCCCCCCCCCCCCC. The van der Waals surface area contributed by atoms with E-state index in [4.69, 9.17) is 0 Å². The van der Waals surface area contributed by atoms with Gasteiger partial charge in [0.15, 0.2) is 0 Å².